The summed E-state index contributed by atoms with van der Waals surface area (Å²) in [7, 11) is 0. The molecule has 1 heterocycles. The molecular formula is C17H21N3O. The molecule has 0 fully saturated rings. The summed E-state index contributed by atoms with van der Waals surface area (Å²) in [6, 6.07) is 10.5. The molecule has 4 nitrogen and oxygen atoms in total. The number of benzene rings is 1. The van der Waals surface area contributed by atoms with E-state index in [9.17, 15) is 0 Å². The predicted octanol–water partition coefficient (Wildman–Crippen LogP) is 3.33. The summed E-state index contributed by atoms with van der Waals surface area (Å²) < 4.78 is 5.59. The van der Waals surface area contributed by atoms with Crippen LogP contribution in [0.25, 0.3) is 0 Å². The quantitative estimate of drug-likeness (QED) is 0.883. The van der Waals surface area contributed by atoms with E-state index in [-0.39, 0.29) is 0 Å². The van der Waals surface area contributed by atoms with Crippen LogP contribution in [0.1, 0.15) is 36.1 Å². The van der Waals surface area contributed by atoms with Crippen LogP contribution in [0.3, 0.4) is 0 Å². The fourth-order valence-corrected chi connectivity index (χ4v) is 2.66. The van der Waals surface area contributed by atoms with Crippen LogP contribution in [-0.2, 0) is 6.42 Å². The smallest absolute Gasteiger partial charge is 0.226 e. The van der Waals surface area contributed by atoms with Crippen molar-refractivity contribution in [3.63, 3.8) is 0 Å². The van der Waals surface area contributed by atoms with Gasteiger partial charge in [-0.15, -0.1) is 0 Å². The second-order valence-corrected chi connectivity index (χ2v) is 5.50. The van der Waals surface area contributed by atoms with Gasteiger partial charge in [-0.2, -0.15) is 4.98 Å². The van der Waals surface area contributed by atoms with Crippen molar-refractivity contribution in [2.45, 2.75) is 32.6 Å². The second kappa shape index (κ2) is 6.12. The van der Waals surface area contributed by atoms with Crippen molar-refractivity contribution in [2.75, 3.05) is 18.5 Å². The average Bonchev–Trinajstić information content (AvgIpc) is 2.45. The Balaban J connectivity index is 1.62. The summed E-state index contributed by atoms with van der Waals surface area (Å²) in [5.74, 6) is 1.87. The largest absolute Gasteiger partial charge is 0.478 e. The van der Waals surface area contributed by atoms with Gasteiger partial charge in [0.25, 0.3) is 0 Å². The van der Waals surface area contributed by atoms with Gasteiger partial charge in [-0.25, -0.2) is 4.98 Å². The zero-order valence-electron chi connectivity index (χ0n) is 12.6. The van der Waals surface area contributed by atoms with E-state index in [1.807, 2.05) is 13.0 Å². The number of aromatic nitrogens is 2. The molecule has 21 heavy (non-hydrogen) atoms. The van der Waals surface area contributed by atoms with Crippen molar-refractivity contribution in [2.24, 2.45) is 0 Å². The Morgan fingerprint density at radius 1 is 1.29 bits per heavy atom. The maximum absolute atomic E-state index is 5.59. The number of rotatable bonds is 6. The first-order chi connectivity index (χ1) is 10.3. The first-order valence-corrected chi connectivity index (χ1v) is 7.56. The van der Waals surface area contributed by atoms with E-state index in [0.29, 0.717) is 24.4 Å². The number of aryl methyl sites for hydroxylation is 1. The van der Waals surface area contributed by atoms with E-state index in [1.54, 1.807) is 0 Å². The Bertz CT molecular complexity index is 627. The first-order valence-electron chi connectivity index (χ1n) is 7.56. The molecule has 0 spiro atoms. The van der Waals surface area contributed by atoms with Crippen molar-refractivity contribution >= 4 is 5.95 Å². The molecule has 0 saturated carbocycles. The van der Waals surface area contributed by atoms with Crippen LogP contribution in [0.5, 0.6) is 5.88 Å². The van der Waals surface area contributed by atoms with Gasteiger partial charge in [-0.3, -0.25) is 0 Å². The lowest BCUT2D eigenvalue weighted by molar-refractivity contribution is 0.305. The molecule has 1 unspecified atom stereocenters. The van der Waals surface area contributed by atoms with Gasteiger partial charge in [0, 0.05) is 24.2 Å². The molecular weight excluding hydrogens is 262 g/mol. The molecule has 110 valence electrons. The van der Waals surface area contributed by atoms with Gasteiger partial charge in [-0.1, -0.05) is 31.2 Å². The molecule has 1 aliphatic carbocycles. The molecule has 1 N–H and O–H groups in total. The Morgan fingerprint density at radius 2 is 2.14 bits per heavy atom. The van der Waals surface area contributed by atoms with Crippen molar-refractivity contribution in [3.05, 3.63) is 47.2 Å². The van der Waals surface area contributed by atoms with E-state index in [4.69, 9.17) is 4.74 Å². The third-order valence-corrected chi connectivity index (χ3v) is 3.75. The summed E-state index contributed by atoms with van der Waals surface area (Å²) in [6.07, 6.45) is 2.11. The maximum atomic E-state index is 5.59. The predicted molar refractivity (Wildman–Crippen MR) is 83.9 cm³/mol. The Hall–Kier alpha value is -2.10. The monoisotopic (exact) mass is 283 g/mol. The van der Waals surface area contributed by atoms with Gasteiger partial charge < -0.3 is 10.1 Å². The van der Waals surface area contributed by atoms with Crippen LogP contribution < -0.4 is 10.1 Å². The first kappa shape index (κ1) is 13.9. The number of hydrogen-bond donors (Lipinski definition) is 1. The van der Waals surface area contributed by atoms with Crippen LogP contribution in [0.15, 0.2) is 30.3 Å². The third kappa shape index (κ3) is 3.15. The van der Waals surface area contributed by atoms with Gasteiger partial charge in [0.2, 0.25) is 11.8 Å². The highest BCUT2D eigenvalue weighted by Gasteiger charge is 2.25. The van der Waals surface area contributed by atoms with Crippen molar-refractivity contribution < 1.29 is 4.74 Å². The second-order valence-electron chi connectivity index (χ2n) is 5.50. The van der Waals surface area contributed by atoms with Gasteiger partial charge in [0.05, 0.1) is 6.61 Å². The zero-order chi connectivity index (χ0) is 14.7. The van der Waals surface area contributed by atoms with Gasteiger partial charge >= 0.3 is 0 Å². The lowest BCUT2D eigenvalue weighted by Gasteiger charge is -2.30. The molecule has 0 radical (unpaired) electrons. The molecule has 3 rings (SSSR count). The molecule has 1 aliphatic rings. The van der Waals surface area contributed by atoms with Crippen LogP contribution in [-0.4, -0.2) is 23.1 Å². The minimum absolute atomic E-state index is 0.560. The van der Waals surface area contributed by atoms with Crippen LogP contribution in [0.2, 0.25) is 0 Å². The van der Waals surface area contributed by atoms with E-state index in [2.05, 4.69) is 46.5 Å². The van der Waals surface area contributed by atoms with Crippen LogP contribution in [0, 0.1) is 6.92 Å². The van der Waals surface area contributed by atoms with Gasteiger partial charge in [0.1, 0.15) is 0 Å². The minimum Gasteiger partial charge on any atom is -0.478 e. The fourth-order valence-electron chi connectivity index (χ4n) is 2.66. The standard InChI is InChI=1S/C17H21N3O/c1-3-8-21-16-9-12(2)19-17(20-16)18-11-14-10-13-6-4-5-7-15(13)14/h4-7,9,14H,3,8,10-11H2,1-2H3,(H,18,19,20). The van der Waals surface area contributed by atoms with E-state index in [1.165, 1.54) is 11.1 Å². The van der Waals surface area contributed by atoms with Crippen molar-refractivity contribution in [1.82, 2.24) is 9.97 Å². The minimum atomic E-state index is 0.560. The van der Waals surface area contributed by atoms with Gasteiger partial charge in [0.15, 0.2) is 0 Å². The molecule has 2 aromatic rings. The summed E-state index contributed by atoms with van der Waals surface area (Å²) in [5.41, 5.74) is 3.83. The Morgan fingerprint density at radius 3 is 2.95 bits per heavy atom. The Kier molecular flexibility index (Phi) is 4.04. The number of hydrogen-bond acceptors (Lipinski definition) is 4. The average molecular weight is 283 g/mol. The molecule has 0 aliphatic heterocycles. The lowest BCUT2D eigenvalue weighted by atomic mass is 9.78. The highest BCUT2D eigenvalue weighted by atomic mass is 16.5. The van der Waals surface area contributed by atoms with Crippen LogP contribution >= 0.6 is 0 Å². The molecule has 0 bridgehead atoms. The molecule has 0 amide bonds. The third-order valence-electron chi connectivity index (χ3n) is 3.75. The van der Waals surface area contributed by atoms with Crippen molar-refractivity contribution in [1.29, 1.82) is 0 Å². The van der Waals surface area contributed by atoms with Gasteiger partial charge in [-0.05, 0) is 30.9 Å². The highest BCUT2D eigenvalue weighted by molar-refractivity contribution is 5.42. The summed E-state index contributed by atoms with van der Waals surface area (Å²) in [5, 5.41) is 3.34. The number of fused-ring (bicyclic) bond motifs is 1. The number of nitrogens with one attached hydrogen (secondary N) is 1. The topological polar surface area (TPSA) is 47.0 Å². The van der Waals surface area contributed by atoms with E-state index in [0.717, 1.165) is 25.1 Å². The van der Waals surface area contributed by atoms with E-state index >= 15 is 0 Å². The zero-order valence-corrected chi connectivity index (χ0v) is 12.6. The van der Waals surface area contributed by atoms with E-state index < -0.39 is 0 Å². The summed E-state index contributed by atoms with van der Waals surface area (Å²) >= 11 is 0. The molecule has 1 atom stereocenters. The normalized spacial score (nSPS) is 16.0. The maximum Gasteiger partial charge on any atom is 0.226 e. The molecule has 1 aromatic carbocycles. The molecule has 0 saturated heterocycles. The SMILES string of the molecule is CCCOc1cc(C)nc(NCC2Cc3ccccc32)n1. The number of anilines is 1. The molecule has 1 aromatic heterocycles. The summed E-state index contributed by atoms with van der Waals surface area (Å²) in [4.78, 5) is 8.84. The summed E-state index contributed by atoms with van der Waals surface area (Å²) in [6.45, 7) is 5.60. The number of ether oxygens (including phenoxy) is 1. The Labute approximate surface area is 125 Å². The lowest BCUT2D eigenvalue weighted by Crippen LogP contribution is -2.24. The molecule has 4 heteroatoms. The van der Waals surface area contributed by atoms with Crippen LogP contribution in [0.4, 0.5) is 5.95 Å². The highest BCUT2D eigenvalue weighted by Crippen LogP contribution is 2.34. The van der Waals surface area contributed by atoms with Crippen molar-refractivity contribution in [3.8, 4) is 5.88 Å². The number of nitrogens with zero attached hydrogens (tertiary/aromatic N) is 2. The fraction of sp³-hybridized carbons (Fsp3) is 0.412.